The van der Waals surface area contributed by atoms with Crippen LogP contribution in [0.2, 0.25) is 0 Å². The summed E-state index contributed by atoms with van der Waals surface area (Å²) >= 11 is 0. The van der Waals surface area contributed by atoms with Gasteiger partial charge in [-0.25, -0.2) is 0 Å². The van der Waals surface area contributed by atoms with Gasteiger partial charge in [0.15, 0.2) is 11.5 Å². The average Bonchev–Trinajstić information content (AvgIpc) is 3.13. The van der Waals surface area contributed by atoms with Crippen LogP contribution >= 0.6 is 0 Å². The fourth-order valence-corrected chi connectivity index (χ4v) is 1.78. The Morgan fingerprint density at radius 2 is 2.26 bits per heavy atom. The zero-order valence-electron chi connectivity index (χ0n) is 10.6. The first-order valence-electron chi connectivity index (χ1n) is 6.19. The van der Waals surface area contributed by atoms with Crippen molar-refractivity contribution in [3.63, 3.8) is 0 Å². The molecule has 6 nitrogen and oxygen atoms in total. The molecular formula is C13H15N3O3. The molecule has 2 aromatic rings. The van der Waals surface area contributed by atoms with Crippen molar-refractivity contribution in [3.8, 4) is 23.0 Å². The van der Waals surface area contributed by atoms with Crippen LogP contribution in [0.4, 0.5) is 0 Å². The maximum Gasteiger partial charge on any atom is 0.247 e. The molecule has 0 bridgehead atoms. The predicted molar refractivity (Wildman–Crippen MR) is 67.8 cm³/mol. The number of ether oxygens (including phenoxy) is 1. The van der Waals surface area contributed by atoms with Crippen LogP contribution in [0.3, 0.4) is 0 Å². The fourth-order valence-electron chi connectivity index (χ4n) is 1.78. The van der Waals surface area contributed by atoms with Gasteiger partial charge in [-0.15, -0.1) is 10.2 Å². The second-order valence-electron chi connectivity index (χ2n) is 4.54. The molecule has 1 fully saturated rings. The van der Waals surface area contributed by atoms with E-state index in [9.17, 15) is 5.11 Å². The van der Waals surface area contributed by atoms with E-state index in [0.717, 1.165) is 0 Å². The molecule has 1 aromatic carbocycles. The van der Waals surface area contributed by atoms with Crippen LogP contribution in [0.25, 0.3) is 11.5 Å². The van der Waals surface area contributed by atoms with Crippen molar-refractivity contribution in [1.29, 1.82) is 0 Å². The number of phenolic OH excluding ortho intramolecular Hbond substituents is 1. The standard InChI is InChI=1S/C13H15N3O3/c1-18-11-5-2-8(6-10(11)17)13-16-15-12(19-13)7-14-9-3-4-9/h2,5-6,9,14,17H,3-4,7H2,1H3. The van der Waals surface area contributed by atoms with E-state index in [1.54, 1.807) is 18.2 Å². The summed E-state index contributed by atoms with van der Waals surface area (Å²) in [6.45, 7) is 0.583. The van der Waals surface area contributed by atoms with Crippen LogP contribution in [0.15, 0.2) is 22.6 Å². The van der Waals surface area contributed by atoms with E-state index in [1.165, 1.54) is 20.0 Å². The number of phenols is 1. The molecule has 0 spiro atoms. The van der Waals surface area contributed by atoms with Crippen molar-refractivity contribution in [1.82, 2.24) is 15.5 Å². The number of nitrogens with zero attached hydrogens (tertiary/aromatic N) is 2. The Hall–Kier alpha value is -2.08. The van der Waals surface area contributed by atoms with Gasteiger partial charge in [0.05, 0.1) is 13.7 Å². The summed E-state index contributed by atoms with van der Waals surface area (Å²) in [5.74, 6) is 1.41. The number of aromatic nitrogens is 2. The van der Waals surface area contributed by atoms with Crippen molar-refractivity contribution in [2.75, 3.05) is 7.11 Å². The summed E-state index contributed by atoms with van der Waals surface area (Å²) in [5, 5.41) is 21.0. The smallest absolute Gasteiger partial charge is 0.247 e. The highest BCUT2D eigenvalue weighted by Crippen LogP contribution is 2.30. The van der Waals surface area contributed by atoms with E-state index < -0.39 is 0 Å². The minimum absolute atomic E-state index is 0.0517. The molecule has 2 N–H and O–H groups in total. The topological polar surface area (TPSA) is 80.4 Å². The van der Waals surface area contributed by atoms with Crippen molar-refractivity contribution < 1.29 is 14.3 Å². The molecule has 1 aliphatic carbocycles. The van der Waals surface area contributed by atoms with Crippen LogP contribution < -0.4 is 10.1 Å². The third-order valence-electron chi connectivity index (χ3n) is 3.01. The van der Waals surface area contributed by atoms with E-state index in [4.69, 9.17) is 9.15 Å². The Labute approximate surface area is 110 Å². The lowest BCUT2D eigenvalue weighted by Crippen LogP contribution is -2.15. The van der Waals surface area contributed by atoms with Gasteiger partial charge >= 0.3 is 0 Å². The Balaban J connectivity index is 1.75. The SMILES string of the molecule is COc1ccc(-c2nnc(CNC3CC3)o2)cc1O. The molecule has 0 atom stereocenters. The van der Waals surface area contributed by atoms with Gasteiger partial charge in [0.25, 0.3) is 0 Å². The lowest BCUT2D eigenvalue weighted by Gasteiger charge is -2.03. The molecule has 19 heavy (non-hydrogen) atoms. The van der Waals surface area contributed by atoms with Gasteiger partial charge in [0, 0.05) is 11.6 Å². The van der Waals surface area contributed by atoms with Gasteiger partial charge < -0.3 is 19.6 Å². The first-order valence-corrected chi connectivity index (χ1v) is 6.19. The molecule has 0 aliphatic heterocycles. The van der Waals surface area contributed by atoms with Crippen LogP contribution in [0.5, 0.6) is 11.5 Å². The van der Waals surface area contributed by atoms with Gasteiger partial charge in [-0.1, -0.05) is 0 Å². The first kappa shape index (κ1) is 12.0. The molecule has 1 saturated carbocycles. The molecule has 100 valence electrons. The molecule has 1 aliphatic rings. The highest BCUT2D eigenvalue weighted by molar-refractivity contribution is 5.59. The van der Waals surface area contributed by atoms with Crippen LogP contribution in [0, 0.1) is 0 Å². The molecule has 1 aromatic heterocycles. The predicted octanol–water partition coefficient (Wildman–Crippen LogP) is 1.70. The normalized spacial score (nSPS) is 14.6. The van der Waals surface area contributed by atoms with Crippen molar-refractivity contribution in [2.24, 2.45) is 0 Å². The van der Waals surface area contributed by atoms with Gasteiger partial charge in [0.2, 0.25) is 11.8 Å². The molecule has 0 saturated heterocycles. The molecular weight excluding hydrogens is 246 g/mol. The summed E-state index contributed by atoms with van der Waals surface area (Å²) in [7, 11) is 1.50. The number of nitrogens with one attached hydrogen (secondary N) is 1. The minimum atomic E-state index is 0.0517. The van der Waals surface area contributed by atoms with E-state index in [2.05, 4.69) is 15.5 Å². The summed E-state index contributed by atoms with van der Waals surface area (Å²) < 4.78 is 10.5. The van der Waals surface area contributed by atoms with E-state index >= 15 is 0 Å². The number of rotatable bonds is 5. The summed E-state index contributed by atoms with van der Waals surface area (Å²) in [5.41, 5.74) is 0.670. The van der Waals surface area contributed by atoms with E-state index in [0.29, 0.717) is 35.7 Å². The second kappa shape index (κ2) is 4.89. The van der Waals surface area contributed by atoms with Crippen molar-refractivity contribution in [3.05, 3.63) is 24.1 Å². The van der Waals surface area contributed by atoms with Gasteiger partial charge in [-0.2, -0.15) is 0 Å². The summed E-state index contributed by atoms with van der Waals surface area (Å²) in [6, 6.07) is 5.58. The molecule has 0 radical (unpaired) electrons. The minimum Gasteiger partial charge on any atom is -0.504 e. The maximum absolute atomic E-state index is 9.72. The van der Waals surface area contributed by atoms with Crippen molar-refractivity contribution >= 4 is 0 Å². The maximum atomic E-state index is 9.72. The van der Waals surface area contributed by atoms with Crippen LogP contribution in [-0.2, 0) is 6.54 Å². The zero-order valence-corrected chi connectivity index (χ0v) is 10.6. The third-order valence-corrected chi connectivity index (χ3v) is 3.01. The zero-order chi connectivity index (χ0) is 13.2. The Morgan fingerprint density at radius 3 is 2.95 bits per heavy atom. The van der Waals surface area contributed by atoms with Crippen LogP contribution in [0.1, 0.15) is 18.7 Å². The van der Waals surface area contributed by atoms with Gasteiger partial charge in [-0.3, -0.25) is 0 Å². The Bertz CT molecular complexity index is 578. The van der Waals surface area contributed by atoms with Crippen LogP contribution in [-0.4, -0.2) is 28.5 Å². The highest BCUT2D eigenvalue weighted by atomic mass is 16.5. The second-order valence-corrected chi connectivity index (χ2v) is 4.54. The average molecular weight is 261 g/mol. The monoisotopic (exact) mass is 261 g/mol. The number of hydrogen-bond donors (Lipinski definition) is 2. The van der Waals surface area contributed by atoms with E-state index in [-0.39, 0.29) is 5.75 Å². The molecule has 6 heteroatoms. The molecule has 1 heterocycles. The lowest BCUT2D eigenvalue weighted by molar-refractivity contribution is 0.373. The largest absolute Gasteiger partial charge is 0.504 e. The Kier molecular flexibility index (Phi) is 3.08. The number of aromatic hydroxyl groups is 1. The van der Waals surface area contributed by atoms with Crippen molar-refractivity contribution in [2.45, 2.75) is 25.4 Å². The molecule has 3 rings (SSSR count). The highest BCUT2D eigenvalue weighted by Gasteiger charge is 2.21. The molecule has 0 unspecified atom stereocenters. The number of hydrogen-bond acceptors (Lipinski definition) is 6. The third kappa shape index (κ3) is 2.68. The van der Waals surface area contributed by atoms with Gasteiger partial charge in [0.1, 0.15) is 0 Å². The summed E-state index contributed by atoms with van der Waals surface area (Å²) in [4.78, 5) is 0. The summed E-state index contributed by atoms with van der Waals surface area (Å²) in [6.07, 6.45) is 2.43. The lowest BCUT2D eigenvalue weighted by atomic mass is 10.2. The number of methoxy groups -OCH3 is 1. The first-order chi connectivity index (χ1) is 9.26. The quantitative estimate of drug-likeness (QED) is 0.852. The van der Waals surface area contributed by atoms with E-state index in [1.807, 2.05) is 0 Å². The fraction of sp³-hybridized carbons (Fsp3) is 0.385. The molecule has 0 amide bonds. The van der Waals surface area contributed by atoms with Gasteiger partial charge in [-0.05, 0) is 31.0 Å². The number of benzene rings is 1. The Morgan fingerprint density at radius 1 is 1.42 bits per heavy atom.